The molecule has 1 amide bonds. The van der Waals surface area contributed by atoms with Crippen LogP contribution in [0.15, 0.2) is 18.2 Å². The van der Waals surface area contributed by atoms with Gasteiger partial charge in [-0.15, -0.1) is 0 Å². The fourth-order valence-corrected chi connectivity index (χ4v) is 2.63. The Morgan fingerprint density at radius 2 is 2.26 bits per heavy atom. The Morgan fingerprint density at radius 3 is 2.95 bits per heavy atom. The lowest BCUT2D eigenvalue weighted by Gasteiger charge is -2.36. The van der Waals surface area contributed by atoms with Crippen molar-refractivity contribution in [2.24, 2.45) is 0 Å². The molecule has 1 aromatic rings. The van der Waals surface area contributed by atoms with Gasteiger partial charge in [0.15, 0.2) is 0 Å². The SMILES string of the molecule is Cc1ccc(F)c(C(=O)N2CC(C)OC(CBr)C2)c1. The molecule has 1 aromatic carbocycles. The van der Waals surface area contributed by atoms with Crippen molar-refractivity contribution in [2.45, 2.75) is 26.1 Å². The molecule has 1 aliphatic rings. The van der Waals surface area contributed by atoms with E-state index in [-0.39, 0.29) is 23.7 Å². The first-order valence-electron chi connectivity index (χ1n) is 6.28. The van der Waals surface area contributed by atoms with Crippen molar-refractivity contribution in [1.29, 1.82) is 0 Å². The second-order valence-electron chi connectivity index (χ2n) is 4.92. The number of rotatable bonds is 2. The van der Waals surface area contributed by atoms with E-state index in [1.54, 1.807) is 17.0 Å². The Balaban J connectivity index is 2.21. The van der Waals surface area contributed by atoms with Crippen molar-refractivity contribution in [1.82, 2.24) is 4.90 Å². The number of ether oxygens (including phenoxy) is 1. The van der Waals surface area contributed by atoms with Crippen molar-refractivity contribution in [3.63, 3.8) is 0 Å². The molecule has 0 aliphatic carbocycles. The van der Waals surface area contributed by atoms with E-state index in [4.69, 9.17) is 4.74 Å². The maximum absolute atomic E-state index is 13.8. The first kappa shape index (κ1) is 14.5. The Kier molecular flexibility index (Phi) is 4.58. The highest BCUT2D eigenvalue weighted by atomic mass is 79.9. The molecule has 2 atom stereocenters. The van der Waals surface area contributed by atoms with Crippen LogP contribution >= 0.6 is 15.9 Å². The molecule has 19 heavy (non-hydrogen) atoms. The van der Waals surface area contributed by atoms with E-state index in [9.17, 15) is 9.18 Å². The van der Waals surface area contributed by atoms with E-state index < -0.39 is 5.82 Å². The van der Waals surface area contributed by atoms with Crippen LogP contribution in [0.2, 0.25) is 0 Å². The van der Waals surface area contributed by atoms with Gasteiger partial charge in [0.2, 0.25) is 0 Å². The van der Waals surface area contributed by atoms with Crippen LogP contribution in [-0.4, -0.2) is 41.4 Å². The molecule has 1 saturated heterocycles. The molecule has 0 radical (unpaired) electrons. The van der Waals surface area contributed by atoms with Gasteiger partial charge in [-0.1, -0.05) is 27.6 Å². The van der Waals surface area contributed by atoms with Crippen LogP contribution in [0.3, 0.4) is 0 Å². The van der Waals surface area contributed by atoms with Crippen molar-refractivity contribution in [2.75, 3.05) is 18.4 Å². The predicted octanol–water partition coefficient (Wildman–Crippen LogP) is 2.76. The molecule has 1 fully saturated rings. The van der Waals surface area contributed by atoms with Gasteiger partial charge in [0.25, 0.3) is 5.91 Å². The lowest BCUT2D eigenvalue weighted by molar-refractivity contribution is -0.0560. The summed E-state index contributed by atoms with van der Waals surface area (Å²) in [6, 6.07) is 4.60. The molecule has 0 aromatic heterocycles. The van der Waals surface area contributed by atoms with Gasteiger partial charge in [0, 0.05) is 18.4 Å². The summed E-state index contributed by atoms with van der Waals surface area (Å²) >= 11 is 3.36. The predicted molar refractivity (Wildman–Crippen MR) is 75.2 cm³/mol. The summed E-state index contributed by atoms with van der Waals surface area (Å²) in [5, 5.41) is 0.664. The first-order chi connectivity index (χ1) is 9.01. The highest BCUT2D eigenvalue weighted by molar-refractivity contribution is 9.09. The van der Waals surface area contributed by atoms with E-state index in [2.05, 4.69) is 15.9 Å². The van der Waals surface area contributed by atoms with Crippen LogP contribution in [0, 0.1) is 12.7 Å². The number of nitrogens with zero attached hydrogens (tertiary/aromatic N) is 1. The third kappa shape index (κ3) is 3.34. The second kappa shape index (κ2) is 6.01. The summed E-state index contributed by atoms with van der Waals surface area (Å²) in [7, 11) is 0. The van der Waals surface area contributed by atoms with Crippen molar-refractivity contribution >= 4 is 21.8 Å². The summed E-state index contributed by atoms with van der Waals surface area (Å²) < 4.78 is 19.4. The molecular formula is C14H17BrFNO2. The number of alkyl halides is 1. The molecule has 2 rings (SSSR count). The average Bonchev–Trinajstić information content (AvgIpc) is 2.40. The molecule has 5 heteroatoms. The van der Waals surface area contributed by atoms with E-state index >= 15 is 0 Å². The van der Waals surface area contributed by atoms with Gasteiger partial charge in [-0.05, 0) is 26.0 Å². The number of benzene rings is 1. The molecular weight excluding hydrogens is 313 g/mol. The normalized spacial score (nSPS) is 23.5. The minimum atomic E-state index is -0.467. The highest BCUT2D eigenvalue weighted by Crippen LogP contribution is 2.18. The van der Waals surface area contributed by atoms with Crippen LogP contribution in [0.5, 0.6) is 0 Å². The van der Waals surface area contributed by atoms with Gasteiger partial charge >= 0.3 is 0 Å². The number of carbonyl (C=O) groups is 1. The average molecular weight is 330 g/mol. The van der Waals surface area contributed by atoms with Gasteiger partial charge in [0.05, 0.1) is 17.8 Å². The van der Waals surface area contributed by atoms with Gasteiger partial charge in [0.1, 0.15) is 5.82 Å². The summed E-state index contributed by atoms with van der Waals surface area (Å²) in [5.74, 6) is -0.729. The van der Waals surface area contributed by atoms with E-state index in [1.165, 1.54) is 6.07 Å². The number of aryl methyl sites for hydroxylation is 1. The number of morpholine rings is 1. The van der Waals surface area contributed by atoms with Crippen LogP contribution in [0.25, 0.3) is 0 Å². The van der Waals surface area contributed by atoms with Gasteiger partial charge in [-0.2, -0.15) is 0 Å². The molecule has 3 nitrogen and oxygen atoms in total. The topological polar surface area (TPSA) is 29.5 Å². The molecule has 1 heterocycles. The summed E-state index contributed by atoms with van der Waals surface area (Å²) in [5.41, 5.74) is 1.02. The first-order valence-corrected chi connectivity index (χ1v) is 7.40. The quantitative estimate of drug-likeness (QED) is 0.781. The van der Waals surface area contributed by atoms with Gasteiger partial charge < -0.3 is 9.64 Å². The van der Waals surface area contributed by atoms with Crippen molar-refractivity contribution in [3.8, 4) is 0 Å². The fourth-order valence-electron chi connectivity index (χ4n) is 2.27. The molecule has 0 N–H and O–H groups in total. The Labute approximate surface area is 120 Å². The molecule has 0 bridgehead atoms. The number of hydrogen-bond acceptors (Lipinski definition) is 2. The number of amides is 1. The zero-order chi connectivity index (χ0) is 14.0. The van der Waals surface area contributed by atoms with Gasteiger partial charge in [-0.25, -0.2) is 4.39 Å². The zero-order valence-corrected chi connectivity index (χ0v) is 12.6. The minimum Gasteiger partial charge on any atom is -0.371 e. The highest BCUT2D eigenvalue weighted by Gasteiger charge is 2.29. The Morgan fingerprint density at radius 1 is 1.53 bits per heavy atom. The van der Waals surface area contributed by atoms with E-state index in [1.807, 2.05) is 13.8 Å². The molecule has 0 saturated carbocycles. The fraction of sp³-hybridized carbons (Fsp3) is 0.500. The minimum absolute atomic E-state index is 0.0341. The molecule has 2 unspecified atom stereocenters. The smallest absolute Gasteiger partial charge is 0.257 e. The number of hydrogen-bond donors (Lipinski definition) is 0. The number of halogens is 2. The summed E-state index contributed by atoms with van der Waals surface area (Å²) in [6.45, 7) is 4.75. The Hall–Kier alpha value is -0.940. The summed E-state index contributed by atoms with van der Waals surface area (Å²) in [4.78, 5) is 14.1. The van der Waals surface area contributed by atoms with E-state index in [0.717, 1.165) is 5.56 Å². The van der Waals surface area contributed by atoms with E-state index in [0.29, 0.717) is 18.4 Å². The maximum atomic E-state index is 13.8. The molecule has 104 valence electrons. The lowest BCUT2D eigenvalue weighted by atomic mass is 10.1. The second-order valence-corrected chi connectivity index (χ2v) is 5.56. The third-order valence-electron chi connectivity index (χ3n) is 3.14. The lowest BCUT2D eigenvalue weighted by Crippen LogP contribution is -2.49. The third-order valence-corrected chi connectivity index (χ3v) is 3.86. The van der Waals surface area contributed by atoms with Crippen molar-refractivity contribution < 1.29 is 13.9 Å². The monoisotopic (exact) mass is 329 g/mol. The number of carbonyl (C=O) groups excluding carboxylic acids is 1. The largest absolute Gasteiger partial charge is 0.371 e. The Bertz CT molecular complexity index is 481. The van der Waals surface area contributed by atoms with Crippen LogP contribution in [0.1, 0.15) is 22.8 Å². The molecule has 0 spiro atoms. The zero-order valence-electron chi connectivity index (χ0n) is 11.0. The maximum Gasteiger partial charge on any atom is 0.257 e. The molecule has 1 aliphatic heterocycles. The van der Waals surface area contributed by atoms with Crippen molar-refractivity contribution in [3.05, 3.63) is 35.1 Å². The van der Waals surface area contributed by atoms with Crippen LogP contribution in [0.4, 0.5) is 4.39 Å². The van der Waals surface area contributed by atoms with Gasteiger partial charge in [-0.3, -0.25) is 4.79 Å². The van der Waals surface area contributed by atoms with Crippen LogP contribution in [-0.2, 0) is 4.74 Å². The standard InChI is InChI=1S/C14H17BrFNO2/c1-9-3-4-13(16)12(5-9)14(18)17-7-10(2)19-11(6-15)8-17/h3-5,10-11H,6-8H2,1-2H3. The summed E-state index contributed by atoms with van der Waals surface area (Å²) in [6.07, 6.45) is -0.0753. The van der Waals surface area contributed by atoms with Crippen LogP contribution < -0.4 is 0 Å².